The smallest absolute Gasteiger partial charge is 0.261 e. The largest absolute Gasteiger partial charge is 0.487 e. The zero-order valence-electron chi connectivity index (χ0n) is 15.3. The van der Waals surface area contributed by atoms with Crippen LogP contribution in [-0.2, 0) is 13.2 Å². The van der Waals surface area contributed by atoms with Crippen LogP contribution in [0.25, 0.3) is 21.8 Å². The van der Waals surface area contributed by atoms with E-state index in [-0.39, 0.29) is 5.56 Å². The quantitative estimate of drug-likeness (QED) is 0.462. The van der Waals surface area contributed by atoms with Crippen LogP contribution in [0.5, 0.6) is 5.75 Å². The molecule has 1 aliphatic heterocycles. The van der Waals surface area contributed by atoms with Gasteiger partial charge in [0.05, 0.1) is 17.8 Å². The van der Waals surface area contributed by atoms with Crippen LogP contribution in [0, 0.1) is 6.92 Å². The van der Waals surface area contributed by atoms with E-state index in [0.29, 0.717) is 24.5 Å². The standard InChI is InChI=1S/C22H17N3O2S/c1-14-13-28-21(24-14)18-9-19(27-12-15-5-3-2-4-6-15)20-17-7-8-23-10-16(17)11-25(20)22(18)26/h2-10,13H,11-12H2,1H3. The van der Waals surface area contributed by atoms with Crippen LogP contribution in [0.1, 0.15) is 16.8 Å². The van der Waals surface area contributed by atoms with Gasteiger partial charge in [-0.2, -0.15) is 0 Å². The molecule has 0 saturated heterocycles. The Labute approximate surface area is 165 Å². The third-order valence-corrected chi connectivity index (χ3v) is 5.82. The van der Waals surface area contributed by atoms with E-state index >= 15 is 0 Å². The number of nitrogens with zero attached hydrogens (tertiary/aromatic N) is 3. The third-order valence-electron chi connectivity index (χ3n) is 4.83. The van der Waals surface area contributed by atoms with Gasteiger partial charge >= 0.3 is 0 Å². The lowest BCUT2D eigenvalue weighted by Crippen LogP contribution is -2.21. The van der Waals surface area contributed by atoms with Crippen molar-refractivity contribution in [2.45, 2.75) is 20.1 Å². The number of fused-ring (bicyclic) bond motifs is 3. The number of pyridine rings is 2. The minimum Gasteiger partial charge on any atom is -0.487 e. The molecule has 0 atom stereocenters. The van der Waals surface area contributed by atoms with Crippen LogP contribution in [0.3, 0.4) is 0 Å². The summed E-state index contributed by atoms with van der Waals surface area (Å²) in [6.45, 7) is 2.86. The molecule has 0 amide bonds. The first-order valence-electron chi connectivity index (χ1n) is 9.01. The molecule has 4 heterocycles. The van der Waals surface area contributed by atoms with Gasteiger partial charge in [-0.1, -0.05) is 30.3 Å². The number of hydrogen-bond acceptors (Lipinski definition) is 5. The van der Waals surface area contributed by atoms with E-state index in [1.165, 1.54) is 11.3 Å². The number of aromatic nitrogens is 3. The monoisotopic (exact) mass is 387 g/mol. The van der Waals surface area contributed by atoms with Gasteiger partial charge in [0.25, 0.3) is 5.56 Å². The van der Waals surface area contributed by atoms with E-state index < -0.39 is 0 Å². The summed E-state index contributed by atoms with van der Waals surface area (Å²) < 4.78 is 7.99. The van der Waals surface area contributed by atoms with Crippen LogP contribution >= 0.6 is 11.3 Å². The SMILES string of the molecule is Cc1csc(-c2cc(OCc3ccccc3)c3n(c2=O)Cc2cnccc2-3)n1. The number of benzene rings is 1. The van der Waals surface area contributed by atoms with Gasteiger partial charge in [0.2, 0.25) is 0 Å². The predicted octanol–water partition coefficient (Wildman–Crippen LogP) is 4.28. The molecular formula is C22H17N3O2S. The second-order valence-electron chi connectivity index (χ2n) is 6.76. The van der Waals surface area contributed by atoms with Crippen molar-refractivity contribution in [3.8, 4) is 27.6 Å². The zero-order chi connectivity index (χ0) is 19.1. The Hall–Kier alpha value is -3.25. The van der Waals surface area contributed by atoms with Gasteiger partial charge in [0, 0.05) is 29.0 Å². The molecule has 0 fully saturated rings. The van der Waals surface area contributed by atoms with Crippen molar-refractivity contribution < 1.29 is 4.74 Å². The Kier molecular flexibility index (Phi) is 4.06. The van der Waals surface area contributed by atoms with Gasteiger partial charge in [-0.05, 0) is 30.2 Å². The van der Waals surface area contributed by atoms with E-state index in [0.717, 1.165) is 33.1 Å². The number of thiazole rings is 1. The van der Waals surface area contributed by atoms with E-state index in [4.69, 9.17) is 4.74 Å². The van der Waals surface area contributed by atoms with Crippen LogP contribution in [0.4, 0.5) is 0 Å². The molecule has 0 bridgehead atoms. The second-order valence-corrected chi connectivity index (χ2v) is 7.62. The molecule has 5 rings (SSSR count). The minimum atomic E-state index is -0.0485. The van der Waals surface area contributed by atoms with Gasteiger partial charge in [0.1, 0.15) is 17.4 Å². The van der Waals surface area contributed by atoms with Crippen LogP contribution in [-0.4, -0.2) is 14.5 Å². The molecule has 5 nitrogen and oxygen atoms in total. The van der Waals surface area contributed by atoms with Crippen molar-refractivity contribution in [1.29, 1.82) is 0 Å². The average Bonchev–Trinajstić information content (AvgIpc) is 3.33. The third kappa shape index (κ3) is 2.82. The van der Waals surface area contributed by atoms with Crippen molar-refractivity contribution in [3.63, 3.8) is 0 Å². The molecule has 0 spiro atoms. The molecule has 0 aliphatic carbocycles. The normalized spacial score (nSPS) is 11.9. The molecule has 0 saturated carbocycles. The van der Waals surface area contributed by atoms with Gasteiger partial charge < -0.3 is 4.74 Å². The van der Waals surface area contributed by atoms with Crippen molar-refractivity contribution in [2.75, 3.05) is 0 Å². The van der Waals surface area contributed by atoms with Crippen molar-refractivity contribution in [1.82, 2.24) is 14.5 Å². The Morgan fingerprint density at radius 1 is 1.18 bits per heavy atom. The highest BCUT2D eigenvalue weighted by molar-refractivity contribution is 7.13. The molecule has 0 N–H and O–H groups in total. The maximum Gasteiger partial charge on any atom is 0.261 e. The van der Waals surface area contributed by atoms with Crippen molar-refractivity contribution in [2.24, 2.45) is 0 Å². The fraction of sp³-hybridized carbons (Fsp3) is 0.136. The average molecular weight is 387 g/mol. The van der Waals surface area contributed by atoms with Crippen LogP contribution in [0.2, 0.25) is 0 Å². The summed E-state index contributed by atoms with van der Waals surface area (Å²) in [7, 11) is 0. The first kappa shape index (κ1) is 16.9. The topological polar surface area (TPSA) is 57.0 Å². The van der Waals surface area contributed by atoms with E-state index in [2.05, 4.69) is 9.97 Å². The number of hydrogen-bond donors (Lipinski definition) is 0. The Morgan fingerprint density at radius 3 is 2.82 bits per heavy atom. The molecule has 1 aliphatic rings. The summed E-state index contributed by atoms with van der Waals surface area (Å²) >= 11 is 1.48. The van der Waals surface area contributed by atoms with E-state index in [1.807, 2.05) is 61.0 Å². The Bertz CT molecular complexity index is 1230. The second kappa shape index (κ2) is 6.73. The van der Waals surface area contributed by atoms with Crippen molar-refractivity contribution in [3.05, 3.63) is 87.4 Å². The molecule has 0 unspecified atom stereocenters. The number of ether oxygens (including phenoxy) is 1. The molecule has 138 valence electrons. The lowest BCUT2D eigenvalue weighted by molar-refractivity contribution is 0.305. The summed E-state index contributed by atoms with van der Waals surface area (Å²) in [6.07, 6.45) is 3.56. The highest BCUT2D eigenvalue weighted by Gasteiger charge is 2.26. The Balaban J connectivity index is 1.66. The molecule has 0 radical (unpaired) electrons. The number of aryl methyl sites for hydroxylation is 1. The predicted molar refractivity (Wildman–Crippen MR) is 110 cm³/mol. The van der Waals surface area contributed by atoms with Crippen LogP contribution < -0.4 is 10.3 Å². The highest BCUT2D eigenvalue weighted by Crippen LogP contribution is 2.39. The molecule has 3 aromatic heterocycles. The minimum absolute atomic E-state index is 0.0485. The summed E-state index contributed by atoms with van der Waals surface area (Å²) in [4.78, 5) is 21.9. The van der Waals surface area contributed by atoms with E-state index in [9.17, 15) is 4.79 Å². The summed E-state index contributed by atoms with van der Waals surface area (Å²) in [5.74, 6) is 0.691. The fourth-order valence-electron chi connectivity index (χ4n) is 3.50. The maximum absolute atomic E-state index is 13.2. The van der Waals surface area contributed by atoms with Crippen LogP contribution in [0.15, 0.2) is 65.0 Å². The summed E-state index contributed by atoms with van der Waals surface area (Å²) in [5, 5.41) is 2.67. The molecular weight excluding hydrogens is 370 g/mol. The molecule has 4 aromatic rings. The summed E-state index contributed by atoms with van der Waals surface area (Å²) in [5.41, 5.74) is 5.35. The summed E-state index contributed by atoms with van der Waals surface area (Å²) in [6, 6.07) is 13.8. The van der Waals surface area contributed by atoms with Gasteiger partial charge in [-0.15, -0.1) is 11.3 Å². The Morgan fingerprint density at radius 2 is 2.04 bits per heavy atom. The van der Waals surface area contributed by atoms with E-state index in [1.54, 1.807) is 10.8 Å². The van der Waals surface area contributed by atoms with Gasteiger partial charge in [-0.3, -0.25) is 14.3 Å². The highest BCUT2D eigenvalue weighted by atomic mass is 32.1. The molecule has 28 heavy (non-hydrogen) atoms. The zero-order valence-corrected chi connectivity index (χ0v) is 16.1. The van der Waals surface area contributed by atoms with Gasteiger partial charge in [-0.25, -0.2) is 4.98 Å². The van der Waals surface area contributed by atoms with Gasteiger partial charge in [0.15, 0.2) is 0 Å². The van der Waals surface area contributed by atoms with Crippen molar-refractivity contribution >= 4 is 11.3 Å². The first-order chi connectivity index (χ1) is 13.7. The lowest BCUT2D eigenvalue weighted by atomic mass is 10.1. The maximum atomic E-state index is 13.2. The fourth-order valence-corrected chi connectivity index (χ4v) is 4.31. The molecule has 1 aromatic carbocycles. The molecule has 6 heteroatoms. The number of rotatable bonds is 4. The first-order valence-corrected chi connectivity index (χ1v) is 9.89. The lowest BCUT2D eigenvalue weighted by Gasteiger charge is -2.14.